The van der Waals surface area contributed by atoms with E-state index in [2.05, 4.69) is 27.4 Å². The molecule has 0 rings (SSSR count). The maximum Gasteiger partial charge on any atom is 0.343 e. The normalized spacial score (nSPS) is 14.3. The SMILES string of the molecule is C=C(C)C(=O)OCC(CC)(COC(=O)C(F)(CCCCC)CCCCCC)COC(=O)C(F)(CCCCCC)CCCCCC. The van der Waals surface area contributed by atoms with Crippen LogP contribution < -0.4 is 0 Å². The molecule has 0 aliphatic rings. The Bertz CT molecular complexity index is 835. The van der Waals surface area contributed by atoms with Gasteiger partial charge in [-0.3, -0.25) is 0 Å². The van der Waals surface area contributed by atoms with Crippen LogP contribution in [0.25, 0.3) is 0 Å². The first kappa shape index (κ1) is 43.0. The van der Waals surface area contributed by atoms with E-state index in [-0.39, 0.29) is 57.5 Å². The Morgan fingerprint density at radius 3 is 1.16 bits per heavy atom. The average molecular weight is 645 g/mol. The van der Waals surface area contributed by atoms with E-state index < -0.39 is 34.7 Å². The minimum absolute atomic E-state index is 0.0744. The van der Waals surface area contributed by atoms with Crippen LogP contribution in [-0.4, -0.2) is 49.1 Å². The highest BCUT2D eigenvalue weighted by atomic mass is 19.1. The predicted octanol–water partition coefficient (Wildman–Crippen LogP) is 10.5. The lowest BCUT2D eigenvalue weighted by Crippen LogP contribution is -2.44. The summed E-state index contributed by atoms with van der Waals surface area (Å²) in [5, 5.41) is 0. The molecule has 45 heavy (non-hydrogen) atoms. The van der Waals surface area contributed by atoms with Crippen LogP contribution in [0.5, 0.6) is 0 Å². The zero-order chi connectivity index (χ0) is 34.2. The predicted molar refractivity (Wildman–Crippen MR) is 179 cm³/mol. The Balaban J connectivity index is 5.91. The first-order chi connectivity index (χ1) is 21.4. The smallest absolute Gasteiger partial charge is 0.343 e. The number of esters is 3. The van der Waals surface area contributed by atoms with Crippen LogP contribution in [0.2, 0.25) is 0 Å². The van der Waals surface area contributed by atoms with Gasteiger partial charge in [-0.2, -0.15) is 0 Å². The monoisotopic (exact) mass is 644 g/mol. The maximum atomic E-state index is 16.2. The van der Waals surface area contributed by atoms with Gasteiger partial charge in [-0.1, -0.05) is 112 Å². The number of hydrogen-bond donors (Lipinski definition) is 0. The van der Waals surface area contributed by atoms with Crippen LogP contribution in [-0.2, 0) is 28.6 Å². The van der Waals surface area contributed by atoms with Gasteiger partial charge in [0.05, 0.1) is 5.41 Å². The molecule has 0 aromatic carbocycles. The van der Waals surface area contributed by atoms with Crippen molar-refractivity contribution < 1.29 is 37.4 Å². The molecule has 8 heteroatoms. The molecule has 0 saturated heterocycles. The highest BCUT2D eigenvalue weighted by Gasteiger charge is 2.44. The topological polar surface area (TPSA) is 78.9 Å². The summed E-state index contributed by atoms with van der Waals surface area (Å²) < 4.78 is 49.1. The van der Waals surface area contributed by atoms with Crippen molar-refractivity contribution in [1.29, 1.82) is 0 Å². The standard InChI is InChI=1S/C37H66F2O6/c1-8-13-17-21-25-36(38,24-20-16-11-4)33(41)44-29-35(12-5,28-43-32(40)31(6)7)30-45-34(42)37(39,26-22-18-14-9-2)27-23-19-15-10-3/h6,8-30H2,1-5,7H3. The number of carbonyl (C=O) groups excluding carboxylic acids is 3. The lowest BCUT2D eigenvalue weighted by atomic mass is 9.87. The second-order valence-corrected chi connectivity index (χ2v) is 13.2. The number of hydrogen-bond acceptors (Lipinski definition) is 6. The number of carbonyl (C=O) groups is 3. The molecular formula is C37H66F2O6. The Morgan fingerprint density at radius 1 is 0.533 bits per heavy atom. The van der Waals surface area contributed by atoms with Crippen LogP contribution in [0, 0.1) is 5.41 Å². The third-order valence-corrected chi connectivity index (χ3v) is 8.81. The fourth-order valence-corrected chi connectivity index (χ4v) is 5.28. The molecule has 2 atom stereocenters. The summed E-state index contributed by atoms with van der Waals surface area (Å²) in [6.07, 6.45) is 13.0. The van der Waals surface area contributed by atoms with E-state index >= 15 is 8.78 Å². The lowest BCUT2D eigenvalue weighted by Gasteiger charge is -2.34. The van der Waals surface area contributed by atoms with E-state index in [4.69, 9.17) is 14.2 Å². The van der Waals surface area contributed by atoms with Gasteiger partial charge in [0.1, 0.15) is 19.8 Å². The number of ether oxygens (including phenoxy) is 3. The lowest BCUT2D eigenvalue weighted by molar-refractivity contribution is -0.174. The average Bonchev–Trinajstić information content (AvgIpc) is 3.03. The van der Waals surface area contributed by atoms with E-state index in [1.54, 1.807) is 6.92 Å². The van der Waals surface area contributed by atoms with E-state index in [9.17, 15) is 14.4 Å². The van der Waals surface area contributed by atoms with Crippen molar-refractivity contribution >= 4 is 17.9 Å². The van der Waals surface area contributed by atoms with Gasteiger partial charge in [-0.05, 0) is 64.7 Å². The molecule has 6 nitrogen and oxygen atoms in total. The minimum atomic E-state index is -2.13. The van der Waals surface area contributed by atoms with Gasteiger partial charge in [0.15, 0.2) is 0 Å². The van der Waals surface area contributed by atoms with Gasteiger partial charge in [0, 0.05) is 5.57 Å². The highest BCUT2D eigenvalue weighted by molar-refractivity contribution is 5.87. The molecule has 0 spiro atoms. The molecule has 0 saturated carbocycles. The van der Waals surface area contributed by atoms with Crippen molar-refractivity contribution in [3.8, 4) is 0 Å². The highest BCUT2D eigenvalue weighted by Crippen LogP contribution is 2.33. The van der Waals surface area contributed by atoms with E-state index in [0.29, 0.717) is 25.7 Å². The van der Waals surface area contributed by atoms with Crippen molar-refractivity contribution in [2.75, 3.05) is 19.8 Å². The number of halogens is 2. The third-order valence-electron chi connectivity index (χ3n) is 8.81. The van der Waals surface area contributed by atoms with Gasteiger partial charge in [-0.15, -0.1) is 0 Å². The van der Waals surface area contributed by atoms with Crippen molar-refractivity contribution in [2.24, 2.45) is 5.41 Å². The second kappa shape index (κ2) is 24.2. The van der Waals surface area contributed by atoms with Crippen molar-refractivity contribution in [3.05, 3.63) is 12.2 Å². The van der Waals surface area contributed by atoms with Crippen LogP contribution in [0.3, 0.4) is 0 Å². The molecule has 0 aromatic heterocycles. The van der Waals surface area contributed by atoms with Gasteiger partial charge in [0.2, 0.25) is 11.3 Å². The summed E-state index contributed by atoms with van der Waals surface area (Å²) in [5.41, 5.74) is -5.24. The Morgan fingerprint density at radius 2 is 0.844 bits per heavy atom. The van der Waals surface area contributed by atoms with Crippen LogP contribution >= 0.6 is 0 Å². The Labute approximate surface area is 273 Å². The van der Waals surface area contributed by atoms with Crippen molar-refractivity contribution in [3.63, 3.8) is 0 Å². The molecule has 2 unspecified atom stereocenters. The van der Waals surface area contributed by atoms with Crippen LogP contribution in [0.4, 0.5) is 8.78 Å². The zero-order valence-electron chi connectivity index (χ0n) is 29.7. The Kier molecular flexibility index (Phi) is 23.1. The molecule has 0 aromatic rings. The molecule has 0 radical (unpaired) electrons. The number of unbranched alkanes of at least 4 members (excludes halogenated alkanes) is 11. The van der Waals surface area contributed by atoms with E-state index in [1.807, 2.05) is 6.92 Å². The van der Waals surface area contributed by atoms with Gasteiger partial charge in [0.25, 0.3) is 0 Å². The molecule has 0 heterocycles. The Hall–Kier alpha value is -1.99. The number of rotatable bonds is 29. The summed E-state index contributed by atoms with van der Waals surface area (Å²) >= 11 is 0. The maximum absolute atomic E-state index is 16.2. The van der Waals surface area contributed by atoms with Crippen molar-refractivity contribution in [2.45, 2.75) is 181 Å². The molecule has 0 N–H and O–H groups in total. The van der Waals surface area contributed by atoms with Crippen LogP contribution in [0.15, 0.2) is 12.2 Å². The summed E-state index contributed by atoms with van der Waals surface area (Å²) in [4.78, 5) is 38.9. The molecular weight excluding hydrogens is 578 g/mol. The molecule has 264 valence electrons. The largest absolute Gasteiger partial charge is 0.462 e. The molecule has 0 amide bonds. The van der Waals surface area contributed by atoms with Crippen molar-refractivity contribution in [1.82, 2.24) is 0 Å². The summed E-state index contributed by atoms with van der Waals surface area (Å²) in [5.74, 6) is -2.54. The summed E-state index contributed by atoms with van der Waals surface area (Å²) in [6.45, 7) is 14.2. The van der Waals surface area contributed by atoms with Crippen LogP contribution in [0.1, 0.15) is 170 Å². The third kappa shape index (κ3) is 17.5. The fraction of sp³-hybridized carbons (Fsp3) is 0.865. The molecule has 0 aliphatic carbocycles. The first-order valence-corrected chi connectivity index (χ1v) is 17.9. The summed E-state index contributed by atoms with van der Waals surface area (Å²) in [7, 11) is 0. The fourth-order valence-electron chi connectivity index (χ4n) is 5.28. The zero-order valence-corrected chi connectivity index (χ0v) is 29.7. The number of alkyl halides is 2. The molecule has 0 fully saturated rings. The molecule has 0 bridgehead atoms. The quantitative estimate of drug-likeness (QED) is 0.0349. The first-order valence-electron chi connectivity index (χ1n) is 17.9. The van der Waals surface area contributed by atoms with Gasteiger partial charge in [-0.25, -0.2) is 23.2 Å². The molecule has 0 aliphatic heterocycles. The summed E-state index contributed by atoms with van der Waals surface area (Å²) in [6, 6.07) is 0. The van der Waals surface area contributed by atoms with E-state index in [0.717, 1.165) is 70.6 Å². The minimum Gasteiger partial charge on any atom is -0.462 e. The van der Waals surface area contributed by atoms with E-state index in [1.165, 1.54) is 6.92 Å². The van der Waals surface area contributed by atoms with Gasteiger partial charge < -0.3 is 14.2 Å². The van der Waals surface area contributed by atoms with Gasteiger partial charge >= 0.3 is 17.9 Å². The second-order valence-electron chi connectivity index (χ2n) is 13.2.